The summed E-state index contributed by atoms with van der Waals surface area (Å²) >= 11 is 9.73. The molecule has 0 aromatic heterocycles. The van der Waals surface area contributed by atoms with Gasteiger partial charge < -0.3 is 9.84 Å². The number of ether oxygens (including phenoxy) is 1. The van der Waals surface area contributed by atoms with Crippen LogP contribution in [0.25, 0.3) is 0 Å². The van der Waals surface area contributed by atoms with Crippen LogP contribution in [0, 0.1) is 0 Å². The smallest absolute Gasteiger partial charge is 0.336 e. The second-order valence-corrected chi connectivity index (χ2v) is 5.42. The van der Waals surface area contributed by atoms with E-state index in [1.54, 1.807) is 12.1 Å². The van der Waals surface area contributed by atoms with Gasteiger partial charge in [0.05, 0.1) is 8.95 Å². The van der Waals surface area contributed by atoms with Gasteiger partial charge in [0.1, 0.15) is 0 Å². The lowest BCUT2D eigenvalue weighted by Gasteiger charge is -2.07. The molecule has 1 N–H and O–H groups in total. The maximum Gasteiger partial charge on any atom is 0.336 e. The Morgan fingerprint density at radius 3 is 2.12 bits per heavy atom. The van der Waals surface area contributed by atoms with E-state index in [-0.39, 0.29) is 5.75 Å². The van der Waals surface area contributed by atoms with Crippen LogP contribution in [0.5, 0.6) is 5.75 Å². The van der Waals surface area contributed by atoms with Gasteiger partial charge in [0.2, 0.25) is 0 Å². The first kappa shape index (κ1) is 14.4. The van der Waals surface area contributed by atoms with Crippen molar-refractivity contribution in [1.82, 2.24) is 0 Å². The van der Waals surface area contributed by atoms with E-state index >= 15 is 0 Å². The van der Waals surface area contributed by atoms with Gasteiger partial charge in [-0.25, -0.2) is 9.59 Å². The summed E-state index contributed by atoms with van der Waals surface area (Å²) in [6.07, 6.45) is 1.55. The van der Waals surface area contributed by atoms with Gasteiger partial charge in [-0.2, -0.15) is 0 Å². The summed E-state index contributed by atoms with van der Waals surface area (Å²) in [5, 5.41) is 8.35. The zero-order chi connectivity index (χ0) is 13.0. The number of hydrogen-bond donors (Lipinski definition) is 1. The van der Waals surface area contributed by atoms with Crippen molar-refractivity contribution in [2.75, 3.05) is 0 Å². The molecule has 0 unspecified atom stereocenters. The topological polar surface area (TPSA) is 63.6 Å². The molecule has 4 nitrogen and oxygen atoms in total. The van der Waals surface area contributed by atoms with Crippen LogP contribution in [0.2, 0.25) is 0 Å². The van der Waals surface area contributed by atoms with Crippen molar-refractivity contribution < 1.29 is 19.4 Å². The zero-order valence-corrected chi connectivity index (χ0v) is 12.9. The Hall–Kier alpha value is -0.660. The molecule has 0 amide bonds. The van der Waals surface area contributed by atoms with Crippen LogP contribution in [0.15, 0.2) is 37.7 Å². The minimum absolute atomic E-state index is 0.285. The molecule has 1 rings (SSSR count). The highest BCUT2D eigenvalue weighted by molar-refractivity contribution is 9.11. The molecule has 0 aliphatic heterocycles. The van der Waals surface area contributed by atoms with Gasteiger partial charge in [-0.05, 0) is 44.0 Å². The van der Waals surface area contributed by atoms with Gasteiger partial charge in [-0.15, -0.1) is 0 Å². The maximum absolute atomic E-state index is 11.3. The molecule has 17 heavy (non-hydrogen) atoms. The van der Waals surface area contributed by atoms with Crippen molar-refractivity contribution in [2.24, 2.45) is 0 Å². The monoisotopic (exact) mass is 426 g/mol. The van der Waals surface area contributed by atoms with E-state index in [0.29, 0.717) is 15.0 Å². The summed E-state index contributed by atoms with van der Waals surface area (Å²) in [4.78, 5) is 21.5. The molecular formula is C10H5Br3O4. The Bertz CT molecular complexity index is 473. The largest absolute Gasteiger partial charge is 0.478 e. The van der Waals surface area contributed by atoms with Crippen molar-refractivity contribution >= 4 is 59.7 Å². The van der Waals surface area contributed by atoms with Crippen LogP contribution in [0.1, 0.15) is 0 Å². The first-order chi connectivity index (χ1) is 7.90. The van der Waals surface area contributed by atoms with Crippen LogP contribution in [-0.2, 0) is 9.59 Å². The van der Waals surface area contributed by atoms with Crippen LogP contribution >= 0.6 is 47.8 Å². The Morgan fingerprint density at radius 1 is 1.12 bits per heavy atom. The summed E-state index contributed by atoms with van der Waals surface area (Å²) < 4.78 is 6.91. The third kappa shape index (κ3) is 4.61. The van der Waals surface area contributed by atoms with Gasteiger partial charge >= 0.3 is 11.9 Å². The summed E-state index contributed by atoms with van der Waals surface area (Å²) in [6, 6.07) is 3.41. The Morgan fingerprint density at radius 2 is 1.65 bits per heavy atom. The van der Waals surface area contributed by atoms with Gasteiger partial charge in [-0.3, -0.25) is 0 Å². The molecule has 7 heteroatoms. The number of carbonyl (C=O) groups is 2. The average Bonchev–Trinajstić information content (AvgIpc) is 2.20. The van der Waals surface area contributed by atoms with E-state index in [9.17, 15) is 9.59 Å². The normalized spacial score (nSPS) is 10.5. The molecule has 0 heterocycles. The van der Waals surface area contributed by atoms with Crippen LogP contribution in [-0.4, -0.2) is 17.0 Å². The maximum atomic E-state index is 11.3. The van der Waals surface area contributed by atoms with Gasteiger partial charge in [0, 0.05) is 16.6 Å². The lowest BCUT2D eigenvalue weighted by Crippen LogP contribution is -2.06. The first-order valence-electron chi connectivity index (χ1n) is 4.17. The highest BCUT2D eigenvalue weighted by Crippen LogP contribution is 2.36. The number of aliphatic carboxylic acids is 1. The van der Waals surface area contributed by atoms with Gasteiger partial charge in [0.15, 0.2) is 5.75 Å². The fourth-order valence-electron chi connectivity index (χ4n) is 0.900. The summed E-state index contributed by atoms with van der Waals surface area (Å²) in [7, 11) is 0. The highest BCUT2D eigenvalue weighted by atomic mass is 79.9. The lowest BCUT2D eigenvalue weighted by molar-refractivity contribution is -0.133. The number of benzene rings is 1. The van der Waals surface area contributed by atoms with Crippen molar-refractivity contribution in [3.05, 3.63) is 37.7 Å². The Balaban J connectivity index is 2.89. The minimum Gasteiger partial charge on any atom is -0.478 e. The van der Waals surface area contributed by atoms with E-state index in [2.05, 4.69) is 47.8 Å². The molecule has 0 bridgehead atoms. The van der Waals surface area contributed by atoms with E-state index in [1.165, 1.54) is 0 Å². The van der Waals surface area contributed by atoms with Gasteiger partial charge in [-0.1, -0.05) is 15.9 Å². The molecule has 0 fully saturated rings. The number of carboxylic acid groups (broad SMARTS) is 1. The molecule has 0 aliphatic carbocycles. The molecule has 0 saturated heterocycles. The molecule has 0 spiro atoms. The average molecular weight is 429 g/mol. The SMILES string of the molecule is O=C(O)/C=C\C(=O)Oc1c(Br)cc(Br)cc1Br. The number of rotatable bonds is 3. The standard InChI is InChI=1S/C10H5Br3O4/c11-5-3-6(12)10(7(13)4-5)17-9(16)2-1-8(14)15/h1-4H,(H,14,15)/b2-1-. The second kappa shape index (κ2) is 6.32. The second-order valence-electron chi connectivity index (χ2n) is 2.79. The molecule has 0 aliphatic rings. The molecular weight excluding hydrogens is 424 g/mol. The lowest BCUT2D eigenvalue weighted by atomic mass is 10.3. The predicted octanol–water partition coefficient (Wildman–Crippen LogP) is 3.52. The van der Waals surface area contributed by atoms with Crippen molar-refractivity contribution in [2.45, 2.75) is 0 Å². The fraction of sp³-hybridized carbons (Fsp3) is 0. The third-order valence-electron chi connectivity index (χ3n) is 1.53. The van der Waals surface area contributed by atoms with E-state index in [1.807, 2.05) is 0 Å². The van der Waals surface area contributed by atoms with Crippen molar-refractivity contribution in [1.29, 1.82) is 0 Å². The van der Waals surface area contributed by atoms with Crippen LogP contribution < -0.4 is 4.74 Å². The highest BCUT2D eigenvalue weighted by Gasteiger charge is 2.11. The number of carboxylic acids is 1. The minimum atomic E-state index is -1.21. The molecule has 0 atom stereocenters. The van der Waals surface area contributed by atoms with E-state index in [4.69, 9.17) is 9.84 Å². The number of hydrogen-bond acceptors (Lipinski definition) is 3. The quantitative estimate of drug-likeness (QED) is 0.454. The number of halogens is 3. The van der Waals surface area contributed by atoms with Crippen molar-refractivity contribution in [3.63, 3.8) is 0 Å². The van der Waals surface area contributed by atoms with Crippen molar-refractivity contribution in [3.8, 4) is 5.75 Å². The third-order valence-corrected chi connectivity index (χ3v) is 3.16. The van der Waals surface area contributed by atoms with Crippen LogP contribution in [0.3, 0.4) is 0 Å². The Labute approximate surface area is 122 Å². The molecule has 1 aromatic rings. The number of carbonyl (C=O) groups excluding carboxylic acids is 1. The first-order valence-corrected chi connectivity index (χ1v) is 6.55. The molecule has 0 radical (unpaired) electrons. The molecule has 0 saturated carbocycles. The Kier molecular flexibility index (Phi) is 5.35. The van der Waals surface area contributed by atoms with E-state index < -0.39 is 11.9 Å². The number of esters is 1. The predicted molar refractivity (Wildman–Crippen MR) is 72.0 cm³/mol. The van der Waals surface area contributed by atoms with E-state index in [0.717, 1.165) is 10.5 Å². The van der Waals surface area contributed by atoms with Gasteiger partial charge in [0.25, 0.3) is 0 Å². The fourth-order valence-corrected chi connectivity index (χ4v) is 3.32. The summed E-state index contributed by atoms with van der Waals surface area (Å²) in [5.74, 6) is -1.69. The van der Waals surface area contributed by atoms with Crippen LogP contribution in [0.4, 0.5) is 0 Å². The molecule has 1 aromatic carbocycles. The summed E-state index contributed by atoms with van der Waals surface area (Å²) in [6.45, 7) is 0. The molecule has 90 valence electrons. The zero-order valence-electron chi connectivity index (χ0n) is 8.12. The summed E-state index contributed by atoms with van der Waals surface area (Å²) in [5.41, 5.74) is 0.